The third kappa shape index (κ3) is 3.13. The maximum Gasteiger partial charge on any atom is 0.451 e. The van der Waals surface area contributed by atoms with E-state index in [-0.39, 0.29) is 23.3 Å². The molecule has 2 rings (SSSR count). The molecule has 8 heteroatoms. The third-order valence-corrected chi connectivity index (χ3v) is 2.48. The first-order chi connectivity index (χ1) is 9.27. The number of rotatable bonds is 3. The van der Waals surface area contributed by atoms with Gasteiger partial charge in [0.25, 0.3) is 0 Å². The Morgan fingerprint density at radius 2 is 2.00 bits per heavy atom. The molecule has 0 saturated carbocycles. The number of nitrogens with one attached hydrogen (secondary N) is 1. The SMILES string of the molecule is CC(O)CNc1nc(C(F)(F)F)nc2ccc(F)cc12. The minimum absolute atomic E-state index is 0.0140. The molecule has 0 radical (unpaired) electrons. The van der Waals surface area contributed by atoms with Crippen molar-refractivity contribution in [2.75, 3.05) is 11.9 Å². The van der Waals surface area contributed by atoms with E-state index in [1.54, 1.807) is 0 Å². The molecule has 1 heterocycles. The lowest BCUT2D eigenvalue weighted by Crippen LogP contribution is -2.19. The highest BCUT2D eigenvalue weighted by Crippen LogP contribution is 2.30. The number of halogens is 4. The van der Waals surface area contributed by atoms with Gasteiger partial charge in [-0.05, 0) is 25.1 Å². The van der Waals surface area contributed by atoms with Gasteiger partial charge in [0.1, 0.15) is 11.6 Å². The fourth-order valence-corrected chi connectivity index (χ4v) is 1.61. The molecule has 0 amide bonds. The number of hydrogen-bond donors (Lipinski definition) is 2. The van der Waals surface area contributed by atoms with E-state index in [0.717, 1.165) is 18.2 Å². The molecule has 1 aromatic carbocycles. The maximum atomic E-state index is 13.2. The van der Waals surface area contributed by atoms with Gasteiger partial charge in [-0.2, -0.15) is 13.2 Å². The van der Waals surface area contributed by atoms with Crippen LogP contribution in [0, 0.1) is 5.82 Å². The lowest BCUT2D eigenvalue weighted by Gasteiger charge is -2.13. The van der Waals surface area contributed by atoms with Crippen LogP contribution in [-0.4, -0.2) is 27.7 Å². The van der Waals surface area contributed by atoms with E-state index in [2.05, 4.69) is 15.3 Å². The fourth-order valence-electron chi connectivity index (χ4n) is 1.61. The second-order valence-corrected chi connectivity index (χ2v) is 4.28. The second kappa shape index (κ2) is 5.20. The molecule has 0 aliphatic rings. The first kappa shape index (κ1) is 14.4. The van der Waals surface area contributed by atoms with E-state index in [1.165, 1.54) is 6.92 Å². The summed E-state index contributed by atoms with van der Waals surface area (Å²) >= 11 is 0. The van der Waals surface area contributed by atoms with E-state index >= 15 is 0 Å². The van der Waals surface area contributed by atoms with Crippen LogP contribution in [-0.2, 0) is 6.18 Å². The minimum Gasteiger partial charge on any atom is -0.392 e. The molecule has 0 aliphatic heterocycles. The largest absolute Gasteiger partial charge is 0.451 e. The van der Waals surface area contributed by atoms with Gasteiger partial charge in [-0.15, -0.1) is 0 Å². The van der Waals surface area contributed by atoms with Crippen molar-refractivity contribution in [3.63, 3.8) is 0 Å². The highest BCUT2D eigenvalue weighted by Gasteiger charge is 2.35. The van der Waals surface area contributed by atoms with E-state index in [9.17, 15) is 17.6 Å². The predicted molar refractivity (Wildman–Crippen MR) is 64.7 cm³/mol. The molecular weight excluding hydrogens is 278 g/mol. The summed E-state index contributed by atoms with van der Waals surface area (Å²) in [4.78, 5) is 6.73. The van der Waals surface area contributed by atoms with Crippen LogP contribution in [0.2, 0.25) is 0 Å². The van der Waals surface area contributed by atoms with Crippen LogP contribution in [0.4, 0.5) is 23.4 Å². The number of benzene rings is 1. The topological polar surface area (TPSA) is 58.0 Å². The lowest BCUT2D eigenvalue weighted by molar-refractivity contribution is -0.144. The van der Waals surface area contributed by atoms with Crippen LogP contribution in [0.15, 0.2) is 18.2 Å². The summed E-state index contributed by atoms with van der Waals surface area (Å²) in [5.74, 6) is -2.09. The Bertz CT molecular complexity index is 628. The Hall–Kier alpha value is -1.96. The van der Waals surface area contributed by atoms with Gasteiger partial charge in [0.05, 0.1) is 11.6 Å². The minimum atomic E-state index is -4.70. The number of nitrogens with zero attached hydrogens (tertiary/aromatic N) is 2. The standard InChI is InChI=1S/C12H11F4N3O/c1-6(20)5-17-10-8-4-7(13)2-3-9(8)18-11(19-10)12(14,15)16/h2-4,6,20H,5H2,1H3,(H,17,18,19). The molecule has 20 heavy (non-hydrogen) atoms. The molecular formula is C12H11F4N3O. The first-order valence-corrected chi connectivity index (χ1v) is 5.74. The zero-order valence-corrected chi connectivity index (χ0v) is 10.4. The number of hydrogen-bond acceptors (Lipinski definition) is 4. The maximum absolute atomic E-state index is 13.2. The van der Waals surface area contributed by atoms with Gasteiger partial charge in [0, 0.05) is 11.9 Å². The molecule has 0 aliphatic carbocycles. The summed E-state index contributed by atoms with van der Waals surface area (Å²) in [5, 5.41) is 11.9. The first-order valence-electron chi connectivity index (χ1n) is 5.74. The van der Waals surface area contributed by atoms with Crippen molar-refractivity contribution in [1.82, 2.24) is 9.97 Å². The molecule has 0 bridgehead atoms. The predicted octanol–water partition coefficient (Wildman–Crippen LogP) is 2.58. The van der Waals surface area contributed by atoms with Crippen molar-refractivity contribution >= 4 is 16.7 Å². The normalized spacial score (nSPS) is 13.5. The molecule has 2 aromatic rings. The van der Waals surface area contributed by atoms with Crippen LogP contribution in [0.25, 0.3) is 10.9 Å². The van der Waals surface area contributed by atoms with E-state index in [1.807, 2.05) is 0 Å². The number of aliphatic hydroxyl groups is 1. The van der Waals surface area contributed by atoms with Gasteiger partial charge in [0.2, 0.25) is 5.82 Å². The summed E-state index contributed by atoms with van der Waals surface area (Å²) in [7, 11) is 0. The zero-order chi connectivity index (χ0) is 14.9. The van der Waals surface area contributed by atoms with Gasteiger partial charge in [0.15, 0.2) is 0 Å². The average molecular weight is 289 g/mol. The number of fused-ring (bicyclic) bond motifs is 1. The number of aromatic nitrogens is 2. The van der Waals surface area contributed by atoms with Crippen molar-refractivity contribution in [2.24, 2.45) is 0 Å². The fraction of sp³-hybridized carbons (Fsp3) is 0.333. The van der Waals surface area contributed by atoms with E-state index in [0.29, 0.717) is 0 Å². The Balaban J connectivity index is 2.57. The van der Waals surface area contributed by atoms with Crippen molar-refractivity contribution in [3.8, 4) is 0 Å². The van der Waals surface area contributed by atoms with Crippen LogP contribution in [0.5, 0.6) is 0 Å². The van der Waals surface area contributed by atoms with E-state index in [4.69, 9.17) is 5.11 Å². The molecule has 0 fully saturated rings. The molecule has 0 saturated heterocycles. The van der Waals surface area contributed by atoms with Crippen molar-refractivity contribution < 1.29 is 22.7 Å². The number of alkyl halides is 3. The Morgan fingerprint density at radius 3 is 2.60 bits per heavy atom. The highest BCUT2D eigenvalue weighted by molar-refractivity contribution is 5.89. The van der Waals surface area contributed by atoms with Gasteiger partial charge in [-0.1, -0.05) is 0 Å². The summed E-state index contributed by atoms with van der Waals surface area (Å²) in [5.41, 5.74) is -0.0261. The molecule has 1 unspecified atom stereocenters. The third-order valence-electron chi connectivity index (χ3n) is 2.48. The zero-order valence-electron chi connectivity index (χ0n) is 10.4. The summed E-state index contributed by atoms with van der Waals surface area (Å²) < 4.78 is 51.3. The quantitative estimate of drug-likeness (QED) is 0.853. The van der Waals surface area contributed by atoms with Crippen LogP contribution in [0.3, 0.4) is 0 Å². The Labute approximate surface area is 111 Å². The Morgan fingerprint density at radius 1 is 1.30 bits per heavy atom. The van der Waals surface area contributed by atoms with Crippen molar-refractivity contribution in [1.29, 1.82) is 0 Å². The van der Waals surface area contributed by atoms with Crippen molar-refractivity contribution in [2.45, 2.75) is 19.2 Å². The highest BCUT2D eigenvalue weighted by atomic mass is 19.4. The van der Waals surface area contributed by atoms with Gasteiger partial charge in [-0.25, -0.2) is 14.4 Å². The van der Waals surface area contributed by atoms with Gasteiger partial charge in [-0.3, -0.25) is 0 Å². The summed E-state index contributed by atoms with van der Waals surface area (Å²) in [6, 6.07) is 3.21. The Kier molecular flexibility index (Phi) is 3.76. The summed E-state index contributed by atoms with van der Waals surface area (Å²) in [6.45, 7) is 1.45. The average Bonchev–Trinajstić information content (AvgIpc) is 2.34. The van der Waals surface area contributed by atoms with Gasteiger partial charge < -0.3 is 10.4 Å². The number of aliphatic hydroxyl groups excluding tert-OH is 1. The number of anilines is 1. The second-order valence-electron chi connectivity index (χ2n) is 4.28. The molecule has 1 atom stereocenters. The van der Waals surface area contributed by atoms with Crippen LogP contribution >= 0.6 is 0 Å². The van der Waals surface area contributed by atoms with Crippen LogP contribution in [0.1, 0.15) is 12.7 Å². The van der Waals surface area contributed by atoms with Crippen molar-refractivity contribution in [3.05, 3.63) is 29.8 Å². The monoisotopic (exact) mass is 289 g/mol. The summed E-state index contributed by atoms with van der Waals surface area (Å²) in [6.07, 6.45) is -5.49. The molecule has 2 N–H and O–H groups in total. The van der Waals surface area contributed by atoms with Gasteiger partial charge >= 0.3 is 6.18 Å². The van der Waals surface area contributed by atoms with Crippen LogP contribution < -0.4 is 5.32 Å². The van der Waals surface area contributed by atoms with E-state index < -0.39 is 23.9 Å². The molecule has 1 aromatic heterocycles. The smallest absolute Gasteiger partial charge is 0.392 e. The molecule has 108 valence electrons. The molecule has 0 spiro atoms. The molecule has 4 nitrogen and oxygen atoms in total. The lowest BCUT2D eigenvalue weighted by atomic mass is 10.2.